The molecule has 0 aliphatic carbocycles. The summed E-state index contributed by atoms with van der Waals surface area (Å²) in [7, 11) is 0. The van der Waals surface area contributed by atoms with E-state index in [1.807, 2.05) is 12.1 Å². The van der Waals surface area contributed by atoms with Gasteiger partial charge >= 0.3 is 0 Å². The molecule has 1 saturated heterocycles. The van der Waals surface area contributed by atoms with Gasteiger partial charge in [0.25, 0.3) is 0 Å². The van der Waals surface area contributed by atoms with Gasteiger partial charge in [0.1, 0.15) is 11.5 Å². The van der Waals surface area contributed by atoms with Gasteiger partial charge in [-0.1, -0.05) is 24.3 Å². The van der Waals surface area contributed by atoms with E-state index in [0.29, 0.717) is 11.7 Å². The molecule has 1 aliphatic heterocycles. The number of phenols is 2. The van der Waals surface area contributed by atoms with E-state index in [4.69, 9.17) is 0 Å². The second-order valence-corrected chi connectivity index (χ2v) is 6.68. The van der Waals surface area contributed by atoms with Gasteiger partial charge in [0, 0.05) is 6.04 Å². The zero-order valence-electron chi connectivity index (χ0n) is 14.0. The Morgan fingerprint density at radius 2 is 1.38 bits per heavy atom. The molecule has 0 unspecified atom stereocenters. The molecule has 0 spiro atoms. The van der Waals surface area contributed by atoms with Crippen LogP contribution < -0.4 is 0 Å². The van der Waals surface area contributed by atoms with Gasteiger partial charge < -0.3 is 15.3 Å². The monoisotopic (exact) mass is 327 g/mol. The van der Waals surface area contributed by atoms with Crippen molar-refractivity contribution in [2.24, 2.45) is 0 Å². The second kappa shape index (κ2) is 7.24. The summed E-state index contributed by atoms with van der Waals surface area (Å²) in [5.41, 5.74) is 2.11. The summed E-state index contributed by atoms with van der Waals surface area (Å²) >= 11 is 0. The van der Waals surface area contributed by atoms with E-state index in [2.05, 4.69) is 11.8 Å². The van der Waals surface area contributed by atoms with Gasteiger partial charge in [0.15, 0.2) is 0 Å². The molecular weight excluding hydrogens is 302 g/mol. The Hall–Kier alpha value is -2.04. The van der Waals surface area contributed by atoms with Crippen LogP contribution in [0.2, 0.25) is 0 Å². The Bertz CT molecular complexity index is 646. The van der Waals surface area contributed by atoms with Crippen LogP contribution in [0.15, 0.2) is 48.5 Å². The Balaban J connectivity index is 1.59. The van der Waals surface area contributed by atoms with Crippen molar-refractivity contribution in [3.05, 3.63) is 59.7 Å². The standard InChI is InChI=1S/C20H25NO3/c1-14(20(24)17-4-8-19(23)9-5-17)21-12-10-16(11-13-21)15-2-6-18(22)7-3-15/h2-9,14,16,20,22-24H,10-13H2,1H3/t14-,20+/m0/s1. The molecule has 24 heavy (non-hydrogen) atoms. The van der Waals surface area contributed by atoms with E-state index < -0.39 is 6.10 Å². The van der Waals surface area contributed by atoms with Crippen LogP contribution in [-0.4, -0.2) is 39.4 Å². The van der Waals surface area contributed by atoms with Gasteiger partial charge in [-0.05, 0) is 74.2 Å². The first-order valence-corrected chi connectivity index (χ1v) is 8.54. The lowest BCUT2D eigenvalue weighted by molar-refractivity contribution is 0.0436. The number of benzene rings is 2. The number of piperidine rings is 1. The van der Waals surface area contributed by atoms with Crippen LogP contribution >= 0.6 is 0 Å². The molecule has 0 saturated carbocycles. The molecule has 3 N–H and O–H groups in total. The molecule has 1 aliphatic rings. The third-order valence-corrected chi connectivity index (χ3v) is 5.16. The maximum Gasteiger partial charge on any atom is 0.115 e. The number of aliphatic hydroxyl groups excluding tert-OH is 1. The quantitative estimate of drug-likeness (QED) is 0.805. The highest BCUT2D eigenvalue weighted by molar-refractivity contribution is 5.29. The average molecular weight is 327 g/mol. The molecule has 4 nitrogen and oxygen atoms in total. The fourth-order valence-electron chi connectivity index (χ4n) is 3.54. The maximum absolute atomic E-state index is 10.6. The van der Waals surface area contributed by atoms with Crippen LogP contribution in [0.5, 0.6) is 11.5 Å². The molecule has 2 aromatic rings. The molecule has 0 bridgehead atoms. The predicted octanol–water partition coefficient (Wildman–Crippen LogP) is 3.40. The molecule has 0 aromatic heterocycles. The lowest BCUT2D eigenvalue weighted by Gasteiger charge is -2.38. The minimum Gasteiger partial charge on any atom is -0.508 e. The number of aromatic hydroxyl groups is 2. The Morgan fingerprint density at radius 1 is 0.875 bits per heavy atom. The summed E-state index contributed by atoms with van der Waals surface area (Å²) in [6.45, 7) is 3.95. The summed E-state index contributed by atoms with van der Waals surface area (Å²) in [5, 5.41) is 29.4. The Morgan fingerprint density at radius 3 is 1.92 bits per heavy atom. The minimum atomic E-state index is -0.559. The Kier molecular flexibility index (Phi) is 5.07. The van der Waals surface area contributed by atoms with E-state index in [1.165, 1.54) is 5.56 Å². The van der Waals surface area contributed by atoms with E-state index in [0.717, 1.165) is 31.5 Å². The van der Waals surface area contributed by atoms with Crippen LogP contribution in [0.3, 0.4) is 0 Å². The van der Waals surface area contributed by atoms with Crippen LogP contribution in [-0.2, 0) is 0 Å². The summed E-state index contributed by atoms with van der Waals surface area (Å²) in [4.78, 5) is 2.33. The van der Waals surface area contributed by atoms with Gasteiger partial charge in [0.05, 0.1) is 6.10 Å². The minimum absolute atomic E-state index is 0.0373. The third-order valence-electron chi connectivity index (χ3n) is 5.16. The Labute approximate surface area is 143 Å². The highest BCUT2D eigenvalue weighted by Gasteiger charge is 2.28. The molecule has 1 fully saturated rings. The maximum atomic E-state index is 10.6. The van der Waals surface area contributed by atoms with Crippen molar-refractivity contribution in [3.8, 4) is 11.5 Å². The second-order valence-electron chi connectivity index (χ2n) is 6.68. The number of nitrogens with zero attached hydrogens (tertiary/aromatic N) is 1. The van der Waals surface area contributed by atoms with Gasteiger partial charge in [-0.2, -0.15) is 0 Å². The van der Waals surface area contributed by atoms with Crippen LogP contribution in [0, 0.1) is 0 Å². The first kappa shape index (κ1) is 16.8. The molecule has 2 aromatic carbocycles. The molecular formula is C20H25NO3. The average Bonchev–Trinajstić information content (AvgIpc) is 2.62. The summed E-state index contributed by atoms with van der Waals surface area (Å²) in [6, 6.07) is 14.3. The van der Waals surface area contributed by atoms with Crippen molar-refractivity contribution in [2.75, 3.05) is 13.1 Å². The molecule has 4 heteroatoms. The van der Waals surface area contributed by atoms with Crippen molar-refractivity contribution in [2.45, 2.75) is 37.8 Å². The topological polar surface area (TPSA) is 63.9 Å². The van der Waals surface area contributed by atoms with Gasteiger partial charge in [-0.3, -0.25) is 4.90 Å². The zero-order valence-corrected chi connectivity index (χ0v) is 14.0. The van der Waals surface area contributed by atoms with Gasteiger partial charge in [0.2, 0.25) is 0 Å². The highest BCUT2D eigenvalue weighted by atomic mass is 16.3. The number of hydrogen-bond donors (Lipinski definition) is 3. The van der Waals surface area contributed by atoms with Crippen LogP contribution in [0.4, 0.5) is 0 Å². The highest BCUT2D eigenvalue weighted by Crippen LogP contribution is 2.32. The first-order valence-electron chi connectivity index (χ1n) is 8.54. The van der Waals surface area contributed by atoms with Crippen molar-refractivity contribution >= 4 is 0 Å². The molecule has 3 rings (SSSR count). The third kappa shape index (κ3) is 3.71. The van der Waals surface area contributed by atoms with Crippen molar-refractivity contribution in [1.82, 2.24) is 4.90 Å². The van der Waals surface area contributed by atoms with E-state index >= 15 is 0 Å². The van der Waals surface area contributed by atoms with E-state index in [9.17, 15) is 15.3 Å². The van der Waals surface area contributed by atoms with Crippen LogP contribution in [0.1, 0.15) is 42.9 Å². The number of rotatable bonds is 4. The van der Waals surface area contributed by atoms with E-state index in [1.54, 1.807) is 36.4 Å². The predicted molar refractivity (Wildman–Crippen MR) is 94.2 cm³/mol. The smallest absolute Gasteiger partial charge is 0.115 e. The van der Waals surface area contributed by atoms with Crippen molar-refractivity contribution < 1.29 is 15.3 Å². The number of likely N-dealkylation sites (tertiary alicyclic amines) is 1. The molecule has 2 atom stereocenters. The fraction of sp³-hybridized carbons (Fsp3) is 0.400. The fourth-order valence-corrected chi connectivity index (χ4v) is 3.54. The first-order chi connectivity index (χ1) is 11.5. The number of phenolic OH excluding ortho intramolecular Hbond substituents is 2. The zero-order chi connectivity index (χ0) is 17.1. The summed E-state index contributed by atoms with van der Waals surface area (Å²) in [5.74, 6) is 1.04. The molecule has 128 valence electrons. The molecule has 1 heterocycles. The molecule has 0 radical (unpaired) electrons. The number of aliphatic hydroxyl groups is 1. The lowest BCUT2D eigenvalue weighted by Crippen LogP contribution is -2.42. The van der Waals surface area contributed by atoms with Crippen molar-refractivity contribution in [1.29, 1.82) is 0 Å². The normalized spacial score (nSPS) is 19.1. The lowest BCUT2D eigenvalue weighted by atomic mass is 9.88. The summed E-state index contributed by atoms with van der Waals surface area (Å²) < 4.78 is 0. The number of hydrogen-bond acceptors (Lipinski definition) is 4. The van der Waals surface area contributed by atoms with Gasteiger partial charge in [-0.15, -0.1) is 0 Å². The van der Waals surface area contributed by atoms with Crippen molar-refractivity contribution in [3.63, 3.8) is 0 Å². The van der Waals surface area contributed by atoms with Crippen LogP contribution in [0.25, 0.3) is 0 Å². The molecule has 0 amide bonds. The summed E-state index contributed by atoms with van der Waals surface area (Å²) in [6.07, 6.45) is 1.55. The SMILES string of the molecule is C[C@@H]([C@@H](O)c1ccc(O)cc1)N1CCC(c2ccc(O)cc2)CC1. The largest absolute Gasteiger partial charge is 0.508 e. The van der Waals surface area contributed by atoms with E-state index in [-0.39, 0.29) is 11.8 Å². The van der Waals surface area contributed by atoms with Gasteiger partial charge in [-0.25, -0.2) is 0 Å².